The van der Waals surface area contributed by atoms with Crippen molar-refractivity contribution in [2.75, 3.05) is 13.2 Å². The molecule has 1 aromatic rings. The van der Waals surface area contributed by atoms with Gasteiger partial charge in [-0.25, -0.2) is 0 Å². The van der Waals surface area contributed by atoms with Gasteiger partial charge in [0.25, 0.3) is 0 Å². The number of hydrogen-bond donors (Lipinski definition) is 3. The van der Waals surface area contributed by atoms with Gasteiger partial charge in [0.15, 0.2) is 0 Å². The van der Waals surface area contributed by atoms with Gasteiger partial charge in [0.2, 0.25) is 0 Å². The maximum atomic E-state index is 9.99. The first-order valence-electron chi connectivity index (χ1n) is 6.20. The molecule has 4 heteroatoms. The maximum Gasteiger partial charge on any atom is 0.122 e. The predicted molar refractivity (Wildman–Crippen MR) is 72.5 cm³/mol. The van der Waals surface area contributed by atoms with Crippen LogP contribution in [-0.4, -0.2) is 28.5 Å². The van der Waals surface area contributed by atoms with E-state index < -0.39 is 0 Å². The number of aliphatic hydroxyl groups excluding tert-OH is 2. The highest BCUT2D eigenvalue weighted by atomic mass is 16.5. The molecule has 3 N–H and O–H groups in total. The largest absolute Gasteiger partial charge is 0.508 e. The fraction of sp³-hybridized carbons (Fsp3) is 0.333. The normalized spacial score (nSPS) is 14.7. The second kappa shape index (κ2) is 5.91. The van der Waals surface area contributed by atoms with Crippen molar-refractivity contribution in [3.8, 4) is 5.75 Å². The van der Waals surface area contributed by atoms with Crippen molar-refractivity contribution >= 4 is 6.08 Å². The van der Waals surface area contributed by atoms with Crippen molar-refractivity contribution in [3.63, 3.8) is 0 Å². The summed E-state index contributed by atoms with van der Waals surface area (Å²) in [5.41, 5.74) is 3.53. The Hall–Kier alpha value is -1.78. The average Bonchev–Trinajstić information content (AvgIpc) is 2.45. The van der Waals surface area contributed by atoms with E-state index in [0.29, 0.717) is 18.8 Å². The van der Waals surface area contributed by atoms with Gasteiger partial charge in [0.05, 0.1) is 6.61 Å². The Morgan fingerprint density at radius 1 is 1.37 bits per heavy atom. The fourth-order valence-electron chi connectivity index (χ4n) is 2.03. The van der Waals surface area contributed by atoms with Crippen molar-refractivity contribution in [1.29, 1.82) is 0 Å². The number of hydrogen-bond acceptors (Lipinski definition) is 4. The van der Waals surface area contributed by atoms with Crippen LogP contribution in [0.15, 0.2) is 29.5 Å². The van der Waals surface area contributed by atoms with Crippen LogP contribution in [0.1, 0.15) is 23.6 Å². The Morgan fingerprint density at radius 3 is 2.84 bits per heavy atom. The van der Waals surface area contributed by atoms with E-state index >= 15 is 0 Å². The van der Waals surface area contributed by atoms with E-state index in [0.717, 1.165) is 22.3 Å². The van der Waals surface area contributed by atoms with Crippen LogP contribution in [-0.2, 0) is 17.8 Å². The Labute approximate surface area is 112 Å². The topological polar surface area (TPSA) is 69.9 Å². The summed E-state index contributed by atoms with van der Waals surface area (Å²) in [5.74, 6) is 0.721. The molecular formula is C15H18O4. The molecule has 4 nitrogen and oxygen atoms in total. The average molecular weight is 262 g/mol. The van der Waals surface area contributed by atoms with Crippen molar-refractivity contribution < 1.29 is 20.1 Å². The zero-order valence-corrected chi connectivity index (χ0v) is 10.9. The Balaban J connectivity index is 2.41. The van der Waals surface area contributed by atoms with Gasteiger partial charge in [-0.05, 0) is 36.6 Å². The van der Waals surface area contributed by atoms with Crippen LogP contribution in [0.4, 0.5) is 0 Å². The van der Waals surface area contributed by atoms with Crippen LogP contribution in [0.2, 0.25) is 0 Å². The van der Waals surface area contributed by atoms with Crippen molar-refractivity contribution in [2.45, 2.75) is 20.0 Å². The molecule has 0 radical (unpaired) electrons. The summed E-state index contributed by atoms with van der Waals surface area (Å²) in [4.78, 5) is 0. The van der Waals surface area contributed by atoms with Crippen LogP contribution < -0.4 is 0 Å². The summed E-state index contributed by atoms with van der Waals surface area (Å²) >= 11 is 0. The van der Waals surface area contributed by atoms with Gasteiger partial charge < -0.3 is 20.1 Å². The highest BCUT2D eigenvalue weighted by molar-refractivity contribution is 5.64. The van der Waals surface area contributed by atoms with Crippen LogP contribution in [0.25, 0.3) is 6.08 Å². The minimum atomic E-state index is -0.153. The highest BCUT2D eigenvalue weighted by Gasteiger charge is 2.16. The molecule has 19 heavy (non-hydrogen) atoms. The quantitative estimate of drug-likeness (QED) is 0.723. The van der Waals surface area contributed by atoms with E-state index in [1.165, 1.54) is 0 Å². The molecule has 1 heterocycles. The molecule has 0 aliphatic carbocycles. The van der Waals surface area contributed by atoms with Crippen LogP contribution >= 0.6 is 0 Å². The molecule has 1 aromatic carbocycles. The van der Waals surface area contributed by atoms with Gasteiger partial charge in [-0.2, -0.15) is 0 Å². The molecule has 1 aliphatic rings. The molecule has 0 unspecified atom stereocenters. The Morgan fingerprint density at radius 2 is 2.16 bits per heavy atom. The molecule has 0 aromatic heterocycles. The summed E-state index contributed by atoms with van der Waals surface area (Å²) in [6.45, 7) is 2.10. The van der Waals surface area contributed by atoms with E-state index in [-0.39, 0.29) is 19.0 Å². The lowest BCUT2D eigenvalue weighted by Crippen LogP contribution is -2.07. The maximum absolute atomic E-state index is 9.99. The molecule has 0 spiro atoms. The number of phenols is 1. The summed E-state index contributed by atoms with van der Waals surface area (Å²) in [5, 5.41) is 28.1. The first-order chi connectivity index (χ1) is 9.15. The lowest BCUT2D eigenvalue weighted by Gasteiger charge is -2.20. The van der Waals surface area contributed by atoms with Crippen LogP contribution in [0.3, 0.4) is 0 Å². The highest BCUT2D eigenvalue weighted by Crippen LogP contribution is 2.31. The molecule has 0 bridgehead atoms. The smallest absolute Gasteiger partial charge is 0.122 e. The molecule has 0 fully saturated rings. The molecule has 2 rings (SSSR count). The SMILES string of the molecule is C/C(=C\Cc1c(O)ccc2c1C=C(CO)OC2)CO. The van der Waals surface area contributed by atoms with Gasteiger partial charge in [-0.1, -0.05) is 17.7 Å². The number of ether oxygens (including phenoxy) is 1. The predicted octanol–water partition coefficient (Wildman–Crippen LogP) is 1.74. The van der Waals surface area contributed by atoms with Crippen molar-refractivity contribution in [1.82, 2.24) is 0 Å². The lowest BCUT2D eigenvalue weighted by molar-refractivity contribution is 0.150. The number of rotatable bonds is 4. The van der Waals surface area contributed by atoms with Crippen molar-refractivity contribution in [2.24, 2.45) is 0 Å². The van der Waals surface area contributed by atoms with E-state index in [9.17, 15) is 5.11 Å². The van der Waals surface area contributed by atoms with E-state index in [1.54, 1.807) is 12.1 Å². The monoisotopic (exact) mass is 262 g/mol. The third kappa shape index (κ3) is 2.97. The van der Waals surface area contributed by atoms with Gasteiger partial charge in [-0.15, -0.1) is 0 Å². The number of aromatic hydroxyl groups is 1. The first-order valence-corrected chi connectivity index (χ1v) is 6.20. The molecule has 0 saturated heterocycles. The molecule has 0 amide bonds. The van der Waals surface area contributed by atoms with Crippen LogP contribution in [0.5, 0.6) is 5.75 Å². The van der Waals surface area contributed by atoms with Crippen molar-refractivity contribution in [3.05, 3.63) is 46.2 Å². The second-order valence-electron chi connectivity index (χ2n) is 4.61. The number of allylic oxidation sites excluding steroid dienone is 1. The zero-order chi connectivity index (χ0) is 13.8. The second-order valence-corrected chi connectivity index (χ2v) is 4.61. The van der Waals surface area contributed by atoms with Gasteiger partial charge in [0.1, 0.15) is 24.7 Å². The number of phenolic OH excluding ortho intramolecular Hbond substituents is 1. The molecule has 1 aliphatic heterocycles. The molecular weight excluding hydrogens is 244 g/mol. The fourth-order valence-corrected chi connectivity index (χ4v) is 2.03. The lowest BCUT2D eigenvalue weighted by atomic mass is 9.95. The summed E-state index contributed by atoms with van der Waals surface area (Å²) in [6.07, 6.45) is 4.18. The summed E-state index contributed by atoms with van der Waals surface area (Å²) < 4.78 is 5.37. The third-order valence-electron chi connectivity index (χ3n) is 3.20. The van der Waals surface area contributed by atoms with E-state index in [1.807, 2.05) is 19.1 Å². The standard InChI is InChI=1S/C15H18O4/c1-10(7-16)2-4-13-14-6-12(8-17)19-9-11(14)3-5-15(13)18/h2-3,5-6,16-18H,4,7-9H2,1H3/b10-2+. The van der Waals surface area contributed by atoms with E-state index in [4.69, 9.17) is 14.9 Å². The minimum Gasteiger partial charge on any atom is -0.508 e. The zero-order valence-electron chi connectivity index (χ0n) is 10.9. The molecule has 0 saturated carbocycles. The van der Waals surface area contributed by atoms with Gasteiger partial charge in [0, 0.05) is 5.56 Å². The summed E-state index contributed by atoms with van der Waals surface area (Å²) in [6, 6.07) is 3.47. The minimum absolute atomic E-state index is 0.0105. The number of benzene rings is 1. The summed E-state index contributed by atoms with van der Waals surface area (Å²) in [7, 11) is 0. The molecule has 102 valence electrons. The molecule has 0 atom stereocenters. The number of fused-ring (bicyclic) bond motifs is 1. The third-order valence-corrected chi connectivity index (χ3v) is 3.20. The van der Waals surface area contributed by atoms with E-state index in [2.05, 4.69) is 0 Å². The van der Waals surface area contributed by atoms with Gasteiger partial charge >= 0.3 is 0 Å². The van der Waals surface area contributed by atoms with Crippen LogP contribution in [0, 0.1) is 0 Å². The Bertz CT molecular complexity index is 529. The number of aliphatic hydroxyl groups is 2. The Kier molecular flexibility index (Phi) is 4.24. The first kappa shape index (κ1) is 13.6. The van der Waals surface area contributed by atoms with Gasteiger partial charge in [-0.3, -0.25) is 0 Å².